The Morgan fingerprint density at radius 1 is 1.19 bits per heavy atom. The van der Waals surface area contributed by atoms with Crippen molar-refractivity contribution in [3.05, 3.63) is 27.1 Å². The number of hydrogen-bond donors (Lipinski definition) is 1. The number of nitrogens with zero attached hydrogens (tertiary/aromatic N) is 2. The number of nitrogens with one attached hydrogen (secondary N) is 1. The van der Waals surface area contributed by atoms with Crippen LogP contribution in [0.5, 0.6) is 5.75 Å². The lowest BCUT2D eigenvalue weighted by atomic mass is 10.2. The Labute approximate surface area is 171 Å². The molecule has 0 unspecified atom stereocenters. The lowest BCUT2D eigenvalue weighted by Crippen LogP contribution is -2.42. The molecule has 0 atom stereocenters. The zero-order valence-corrected chi connectivity index (χ0v) is 18.8. The summed E-state index contributed by atoms with van der Waals surface area (Å²) in [5, 5.41) is 3.98. The fourth-order valence-electron chi connectivity index (χ4n) is 2.45. The molecule has 0 spiro atoms. The molecule has 26 heavy (non-hydrogen) atoms. The summed E-state index contributed by atoms with van der Waals surface area (Å²) in [6, 6.07) is 5.63. The zero-order valence-electron chi connectivity index (χ0n) is 15.7. The molecule has 2 amide bonds. The Balaban J connectivity index is 2.52. The van der Waals surface area contributed by atoms with Crippen LogP contribution in [0.25, 0.3) is 0 Å². The highest BCUT2D eigenvalue weighted by Gasteiger charge is 2.20. The predicted octanol–water partition coefficient (Wildman–Crippen LogP) is 4.12. The van der Waals surface area contributed by atoms with Crippen molar-refractivity contribution >= 4 is 49.4 Å². The highest BCUT2D eigenvalue weighted by Crippen LogP contribution is 2.28. The fourth-order valence-corrected chi connectivity index (χ4v) is 3.61. The maximum absolute atomic E-state index is 12.4. The maximum Gasteiger partial charge on any atom is 0.277 e. The smallest absolute Gasteiger partial charge is 0.277 e. The van der Waals surface area contributed by atoms with Crippen LogP contribution in [0.15, 0.2) is 32.2 Å². The molecule has 0 aliphatic carbocycles. The van der Waals surface area contributed by atoms with Gasteiger partial charge in [-0.25, -0.2) is 5.43 Å². The topological polar surface area (TPSA) is 71.0 Å². The standard InChI is InChI=1S/C18H25Br2N3O3/c1-11(2)23(12(3)4)18(25)8-13(5)21-22-17(24)10-26-16-7-6-14(19)9-15(16)20/h6-7,9,11-12H,8,10H2,1-5H3,(H,22,24). The number of ether oxygens (including phenoxy) is 1. The molecule has 0 heterocycles. The third-order valence-electron chi connectivity index (χ3n) is 3.43. The third kappa shape index (κ3) is 7.45. The van der Waals surface area contributed by atoms with Gasteiger partial charge in [0, 0.05) is 22.3 Å². The molecular weight excluding hydrogens is 466 g/mol. The summed E-state index contributed by atoms with van der Waals surface area (Å²) in [6.07, 6.45) is 0.162. The van der Waals surface area contributed by atoms with Gasteiger partial charge >= 0.3 is 0 Å². The molecule has 0 aliphatic rings. The summed E-state index contributed by atoms with van der Waals surface area (Å²) in [5.74, 6) is 0.153. The van der Waals surface area contributed by atoms with Gasteiger partial charge in [-0.1, -0.05) is 15.9 Å². The average molecular weight is 491 g/mol. The largest absolute Gasteiger partial charge is 0.483 e. The Kier molecular flexibility index (Phi) is 9.29. The van der Waals surface area contributed by atoms with E-state index in [1.807, 2.05) is 39.8 Å². The van der Waals surface area contributed by atoms with Crippen molar-refractivity contribution in [1.29, 1.82) is 0 Å². The summed E-state index contributed by atoms with van der Waals surface area (Å²) >= 11 is 6.72. The highest BCUT2D eigenvalue weighted by molar-refractivity contribution is 9.11. The van der Waals surface area contributed by atoms with Crippen LogP contribution >= 0.6 is 31.9 Å². The normalized spacial score (nSPS) is 11.7. The molecule has 0 aliphatic heterocycles. The van der Waals surface area contributed by atoms with E-state index in [2.05, 4.69) is 42.4 Å². The number of carbonyl (C=O) groups excluding carboxylic acids is 2. The van der Waals surface area contributed by atoms with Gasteiger partial charge in [-0.2, -0.15) is 5.10 Å². The van der Waals surface area contributed by atoms with Crippen molar-refractivity contribution in [2.45, 2.75) is 53.1 Å². The van der Waals surface area contributed by atoms with Crippen LogP contribution < -0.4 is 10.2 Å². The molecule has 1 aromatic rings. The third-order valence-corrected chi connectivity index (χ3v) is 4.54. The van der Waals surface area contributed by atoms with E-state index in [0.717, 1.165) is 8.95 Å². The minimum Gasteiger partial charge on any atom is -0.483 e. The summed E-state index contributed by atoms with van der Waals surface area (Å²) in [7, 11) is 0. The molecule has 1 N–H and O–H groups in total. The minimum absolute atomic E-state index is 0.0134. The van der Waals surface area contributed by atoms with Crippen molar-refractivity contribution in [3.8, 4) is 5.75 Å². The van der Waals surface area contributed by atoms with Crippen molar-refractivity contribution in [1.82, 2.24) is 10.3 Å². The van der Waals surface area contributed by atoms with E-state index >= 15 is 0 Å². The van der Waals surface area contributed by atoms with Gasteiger partial charge in [0.2, 0.25) is 5.91 Å². The molecule has 1 aromatic carbocycles. The second-order valence-electron chi connectivity index (χ2n) is 6.41. The monoisotopic (exact) mass is 489 g/mol. The fraction of sp³-hybridized carbons (Fsp3) is 0.500. The number of hydrazone groups is 1. The number of carbonyl (C=O) groups is 2. The van der Waals surface area contributed by atoms with E-state index in [9.17, 15) is 9.59 Å². The van der Waals surface area contributed by atoms with E-state index < -0.39 is 5.91 Å². The van der Waals surface area contributed by atoms with Crippen LogP contribution in [-0.4, -0.2) is 41.1 Å². The Hall–Kier alpha value is -1.41. The number of halogens is 2. The van der Waals surface area contributed by atoms with Gasteiger partial charge in [0.05, 0.1) is 10.9 Å². The van der Waals surface area contributed by atoms with Gasteiger partial charge in [-0.05, 0) is 68.7 Å². The van der Waals surface area contributed by atoms with Crippen LogP contribution in [0, 0.1) is 0 Å². The van der Waals surface area contributed by atoms with Crippen molar-refractivity contribution in [2.75, 3.05) is 6.61 Å². The summed E-state index contributed by atoms with van der Waals surface area (Å²) in [4.78, 5) is 26.0. The van der Waals surface area contributed by atoms with Gasteiger partial charge in [0.15, 0.2) is 6.61 Å². The minimum atomic E-state index is -0.392. The molecule has 0 saturated heterocycles. The van der Waals surface area contributed by atoms with Crippen LogP contribution in [-0.2, 0) is 9.59 Å². The van der Waals surface area contributed by atoms with Gasteiger partial charge in [-0.15, -0.1) is 0 Å². The van der Waals surface area contributed by atoms with E-state index in [4.69, 9.17) is 4.74 Å². The van der Waals surface area contributed by atoms with Crippen LogP contribution in [0.4, 0.5) is 0 Å². The SMILES string of the molecule is CC(CC(=O)N(C(C)C)C(C)C)=NNC(=O)COc1ccc(Br)cc1Br. The van der Waals surface area contributed by atoms with Gasteiger partial charge in [0.25, 0.3) is 5.91 Å². The molecule has 6 nitrogen and oxygen atoms in total. The number of rotatable bonds is 8. The van der Waals surface area contributed by atoms with Gasteiger partial charge < -0.3 is 9.64 Å². The number of benzene rings is 1. The van der Waals surface area contributed by atoms with Crippen LogP contribution in [0.3, 0.4) is 0 Å². The maximum atomic E-state index is 12.4. The quantitative estimate of drug-likeness (QED) is 0.440. The van der Waals surface area contributed by atoms with Gasteiger partial charge in [-0.3, -0.25) is 9.59 Å². The van der Waals surface area contributed by atoms with Crippen molar-refractivity contribution in [2.24, 2.45) is 5.10 Å². The molecule has 0 bridgehead atoms. The Morgan fingerprint density at radius 3 is 2.35 bits per heavy atom. The van der Waals surface area contributed by atoms with Crippen molar-refractivity contribution in [3.63, 3.8) is 0 Å². The number of amides is 2. The van der Waals surface area contributed by atoms with E-state index in [1.54, 1.807) is 17.9 Å². The second-order valence-corrected chi connectivity index (χ2v) is 8.18. The lowest BCUT2D eigenvalue weighted by Gasteiger charge is -2.30. The highest BCUT2D eigenvalue weighted by atomic mass is 79.9. The first-order chi connectivity index (χ1) is 12.1. The predicted molar refractivity (Wildman–Crippen MR) is 110 cm³/mol. The Morgan fingerprint density at radius 2 is 1.81 bits per heavy atom. The van der Waals surface area contributed by atoms with E-state index in [1.165, 1.54) is 0 Å². The molecule has 1 rings (SSSR count). The van der Waals surface area contributed by atoms with Gasteiger partial charge in [0.1, 0.15) is 5.75 Å². The Bertz CT molecular complexity index is 668. The van der Waals surface area contributed by atoms with E-state index in [-0.39, 0.29) is 31.0 Å². The first-order valence-electron chi connectivity index (χ1n) is 8.32. The summed E-state index contributed by atoms with van der Waals surface area (Å²) < 4.78 is 7.09. The molecule has 144 valence electrons. The zero-order chi connectivity index (χ0) is 19.9. The lowest BCUT2D eigenvalue weighted by molar-refractivity contribution is -0.133. The molecule has 0 saturated carbocycles. The number of hydrogen-bond acceptors (Lipinski definition) is 4. The molecule has 8 heteroatoms. The average Bonchev–Trinajstić information content (AvgIpc) is 2.51. The van der Waals surface area contributed by atoms with Crippen LogP contribution in [0.2, 0.25) is 0 Å². The molecule has 0 aromatic heterocycles. The first-order valence-corrected chi connectivity index (χ1v) is 9.91. The summed E-state index contributed by atoms with van der Waals surface area (Å²) in [6.45, 7) is 9.44. The second kappa shape index (κ2) is 10.7. The van der Waals surface area contributed by atoms with Crippen LogP contribution in [0.1, 0.15) is 41.0 Å². The molecular formula is C18H25Br2N3O3. The first kappa shape index (κ1) is 22.6. The molecule has 0 radical (unpaired) electrons. The summed E-state index contributed by atoms with van der Waals surface area (Å²) in [5.41, 5.74) is 2.96. The van der Waals surface area contributed by atoms with Crippen molar-refractivity contribution < 1.29 is 14.3 Å². The van der Waals surface area contributed by atoms with E-state index in [0.29, 0.717) is 11.5 Å². The molecule has 0 fully saturated rings.